The number of carbonyl (C=O) groups is 1. The Labute approximate surface area is 121 Å². The smallest absolute Gasteiger partial charge is 0.257 e. The molecule has 7 heteroatoms. The van der Waals surface area contributed by atoms with Crippen LogP contribution < -0.4 is 5.32 Å². The van der Waals surface area contributed by atoms with Gasteiger partial charge in [0.1, 0.15) is 11.0 Å². The molecule has 2 aromatic rings. The Morgan fingerprint density at radius 1 is 1.22 bits per heavy atom. The number of hydrogen-bond donors (Lipinski definition) is 1. The van der Waals surface area contributed by atoms with Crippen LogP contribution in [0, 0.1) is 0 Å². The number of benzene rings is 1. The van der Waals surface area contributed by atoms with E-state index in [-0.39, 0.29) is 22.2 Å². The van der Waals surface area contributed by atoms with Gasteiger partial charge >= 0.3 is 0 Å². The second-order valence-electron chi connectivity index (χ2n) is 3.28. The van der Waals surface area contributed by atoms with Crippen LogP contribution in [0.5, 0.6) is 0 Å². The van der Waals surface area contributed by atoms with E-state index in [1.165, 1.54) is 6.07 Å². The average molecular weight is 347 g/mol. The zero-order chi connectivity index (χ0) is 13.1. The molecule has 1 aromatic carbocycles. The van der Waals surface area contributed by atoms with Crippen LogP contribution in [-0.4, -0.2) is 15.9 Å². The molecule has 92 valence electrons. The van der Waals surface area contributed by atoms with Gasteiger partial charge in [-0.2, -0.15) is 0 Å². The van der Waals surface area contributed by atoms with Crippen molar-refractivity contribution in [2.24, 2.45) is 0 Å². The molecule has 18 heavy (non-hydrogen) atoms. The van der Waals surface area contributed by atoms with Crippen molar-refractivity contribution >= 4 is 50.9 Å². The molecule has 4 nitrogen and oxygen atoms in total. The van der Waals surface area contributed by atoms with E-state index < -0.39 is 0 Å². The lowest BCUT2D eigenvalue weighted by molar-refractivity contribution is 0.102. The number of aromatic nitrogens is 2. The van der Waals surface area contributed by atoms with Crippen LogP contribution in [0.1, 0.15) is 10.4 Å². The minimum atomic E-state index is -0.312. The molecule has 1 amide bonds. The highest BCUT2D eigenvalue weighted by molar-refractivity contribution is 9.10. The number of amides is 1. The van der Waals surface area contributed by atoms with Crippen molar-refractivity contribution in [1.29, 1.82) is 0 Å². The van der Waals surface area contributed by atoms with E-state index in [0.717, 1.165) is 0 Å². The van der Waals surface area contributed by atoms with Crippen molar-refractivity contribution in [2.45, 2.75) is 0 Å². The summed E-state index contributed by atoms with van der Waals surface area (Å²) >= 11 is 14.7. The van der Waals surface area contributed by atoms with Gasteiger partial charge in [-0.1, -0.05) is 23.7 Å². The Bertz CT molecular complexity index is 586. The minimum Gasteiger partial charge on any atom is -0.306 e. The van der Waals surface area contributed by atoms with Crippen molar-refractivity contribution < 1.29 is 4.79 Å². The zero-order valence-electron chi connectivity index (χ0n) is 8.82. The van der Waals surface area contributed by atoms with Crippen molar-refractivity contribution in [3.63, 3.8) is 0 Å². The van der Waals surface area contributed by atoms with Crippen molar-refractivity contribution in [3.8, 4) is 0 Å². The first-order valence-electron chi connectivity index (χ1n) is 4.82. The van der Waals surface area contributed by atoms with Gasteiger partial charge in [0.25, 0.3) is 5.91 Å². The summed E-state index contributed by atoms with van der Waals surface area (Å²) in [5.41, 5.74) is 0.489. The Morgan fingerprint density at radius 2 is 1.94 bits per heavy atom. The largest absolute Gasteiger partial charge is 0.306 e. The van der Waals surface area contributed by atoms with Crippen LogP contribution in [0.2, 0.25) is 10.4 Å². The van der Waals surface area contributed by atoms with E-state index in [4.69, 9.17) is 23.2 Å². The highest BCUT2D eigenvalue weighted by Crippen LogP contribution is 2.19. The highest BCUT2D eigenvalue weighted by Gasteiger charge is 2.11. The Balaban J connectivity index is 2.24. The van der Waals surface area contributed by atoms with Gasteiger partial charge in [0, 0.05) is 10.5 Å². The normalized spacial score (nSPS) is 10.2. The van der Waals surface area contributed by atoms with E-state index >= 15 is 0 Å². The summed E-state index contributed by atoms with van der Waals surface area (Å²) in [6, 6.07) is 8.46. The third-order valence-electron chi connectivity index (χ3n) is 2.03. The third kappa shape index (κ3) is 3.19. The molecule has 2 rings (SSSR count). The number of carbonyl (C=O) groups excluding carboxylic acids is 1. The molecule has 0 fully saturated rings. The number of hydrogen-bond acceptors (Lipinski definition) is 3. The lowest BCUT2D eigenvalue weighted by Gasteiger charge is -2.06. The number of nitrogens with zero attached hydrogens (tertiary/aromatic N) is 2. The van der Waals surface area contributed by atoms with E-state index in [1.54, 1.807) is 18.2 Å². The van der Waals surface area contributed by atoms with Crippen LogP contribution in [0.4, 0.5) is 5.82 Å². The summed E-state index contributed by atoms with van der Waals surface area (Å²) in [6.45, 7) is 0. The standard InChI is InChI=1S/C11H6BrCl2N3O/c12-7-4-2-1-3-6(7)10(18)16-9-5-8(13)15-11(14)17-9/h1-5H,(H,15,16,17,18). The van der Waals surface area contributed by atoms with E-state index in [2.05, 4.69) is 31.2 Å². The predicted molar refractivity (Wildman–Crippen MR) is 74.1 cm³/mol. The monoisotopic (exact) mass is 345 g/mol. The second kappa shape index (κ2) is 5.65. The number of rotatable bonds is 2. The molecular formula is C11H6BrCl2N3O. The lowest BCUT2D eigenvalue weighted by atomic mass is 10.2. The number of halogens is 3. The number of anilines is 1. The fraction of sp³-hybridized carbons (Fsp3) is 0. The van der Waals surface area contributed by atoms with Crippen LogP contribution >= 0.6 is 39.1 Å². The molecule has 0 radical (unpaired) electrons. The maximum Gasteiger partial charge on any atom is 0.257 e. The molecular weight excluding hydrogens is 341 g/mol. The Kier molecular flexibility index (Phi) is 4.16. The van der Waals surface area contributed by atoms with Gasteiger partial charge in [-0.05, 0) is 39.7 Å². The van der Waals surface area contributed by atoms with Gasteiger partial charge in [-0.15, -0.1) is 0 Å². The maximum atomic E-state index is 12.0. The molecule has 0 spiro atoms. The Morgan fingerprint density at radius 3 is 2.61 bits per heavy atom. The van der Waals surface area contributed by atoms with Gasteiger partial charge in [-0.3, -0.25) is 4.79 Å². The van der Waals surface area contributed by atoms with Gasteiger partial charge in [0.05, 0.1) is 5.56 Å². The van der Waals surface area contributed by atoms with Gasteiger partial charge < -0.3 is 5.32 Å². The van der Waals surface area contributed by atoms with Crippen LogP contribution in [0.3, 0.4) is 0 Å². The fourth-order valence-corrected chi connectivity index (χ4v) is 2.16. The van der Waals surface area contributed by atoms with Crippen molar-refractivity contribution in [3.05, 3.63) is 50.8 Å². The summed E-state index contributed by atoms with van der Waals surface area (Å²) in [6.07, 6.45) is 0. The molecule has 1 heterocycles. The zero-order valence-corrected chi connectivity index (χ0v) is 11.9. The molecule has 0 aliphatic rings. The summed E-state index contributed by atoms with van der Waals surface area (Å²) < 4.78 is 0.689. The molecule has 0 saturated heterocycles. The fourth-order valence-electron chi connectivity index (χ4n) is 1.28. The molecule has 0 atom stereocenters. The summed E-state index contributed by atoms with van der Waals surface area (Å²) in [7, 11) is 0. The van der Waals surface area contributed by atoms with Gasteiger partial charge in [0.15, 0.2) is 0 Å². The summed E-state index contributed by atoms with van der Waals surface area (Å²) in [5.74, 6) is -0.0611. The van der Waals surface area contributed by atoms with Crippen LogP contribution in [-0.2, 0) is 0 Å². The SMILES string of the molecule is O=C(Nc1cc(Cl)nc(Cl)n1)c1ccccc1Br. The molecule has 0 saturated carbocycles. The van der Waals surface area contributed by atoms with Crippen LogP contribution in [0.15, 0.2) is 34.8 Å². The minimum absolute atomic E-state index is 0.0232. The lowest BCUT2D eigenvalue weighted by Crippen LogP contribution is -2.13. The summed E-state index contributed by atoms with van der Waals surface area (Å²) in [4.78, 5) is 19.5. The highest BCUT2D eigenvalue weighted by atomic mass is 79.9. The van der Waals surface area contributed by atoms with Crippen molar-refractivity contribution in [2.75, 3.05) is 5.32 Å². The first-order valence-corrected chi connectivity index (χ1v) is 6.37. The van der Waals surface area contributed by atoms with Gasteiger partial charge in [-0.25, -0.2) is 9.97 Å². The molecule has 1 N–H and O–H groups in total. The molecule has 1 aromatic heterocycles. The Hall–Kier alpha value is -1.17. The van der Waals surface area contributed by atoms with Crippen molar-refractivity contribution in [1.82, 2.24) is 9.97 Å². The quantitative estimate of drug-likeness (QED) is 0.664. The predicted octanol–water partition coefficient (Wildman–Crippen LogP) is 3.80. The van der Waals surface area contributed by atoms with Gasteiger partial charge in [0.2, 0.25) is 5.28 Å². The maximum absolute atomic E-state index is 12.0. The first-order chi connectivity index (χ1) is 8.56. The van der Waals surface area contributed by atoms with E-state index in [1.807, 2.05) is 6.07 Å². The van der Waals surface area contributed by atoms with E-state index in [9.17, 15) is 4.79 Å². The average Bonchev–Trinajstić information content (AvgIpc) is 2.27. The molecule has 0 unspecified atom stereocenters. The van der Waals surface area contributed by atoms with E-state index in [0.29, 0.717) is 10.0 Å². The summed E-state index contributed by atoms with van der Waals surface area (Å²) in [5, 5.41) is 2.73. The van der Waals surface area contributed by atoms with Crippen LogP contribution in [0.25, 0.3) is 0 Å². The first kappa shape index (κ1) is 13.3. The number of nitrogens with one attached hydrogen (secondary N) is 1. The molecule has 0 aliphatic heterocycles. The third-order valence-corrected chi connectivity index (χ3v) is 3.08. The topological polar surface area (TPSA) is 54.9 Å². The molecule has 0 aliphatic carbocycles. The second-order valence-corrected chi connectivity index (χ2v) is 4.86. The molecule has 0 bridgehead atoms.